The topological polar surface area (TPSA) is 56.7 Å². The number of fused-ring (bicyclic) bond motifs is 1. The van der Waals surface area contributed by atoms with Crippen LogP contribution in [0.2, 0.25) is 0 Å². The Hall–Kier alpha value is -1.72. The van der Waals surface area contributed by atoms with E-state index >= 15 is 0 Å². The molecule has 86 valence electrons. The van der Waals surface area contributed by atoms with Crippen molar-refractivity contribution in [2.75, 3.05) is 0 Å². The summed E-state index contributed by atoms with van der Waals surface area (Å²) in [5.74, 6) is 0. The average Bonchev–Trinajstić information content (AvgIpc) is 2.95. The van der Waals surface area contributed by atoms with E-state index < -0.39 is 0 Å². The van der Waals surface area contributed by atoms with E-state index in [4.69, 9.17) is 5.73 Å². The number of hydrogen-bond donors (Lipinski definition) is 1. The van der Waals surface area contributed by atoms with Gasteiger partial charge in [-0.15, -0.1) is 11.3 Å². The Morgan fingerprint density at radius 3 is 3.06 bits per heavy atom. The van der Waals surface area contributed by atoms with Crippen molar-refractivity contribution < 1.29 is 0 Å². The Kier molecular flexibility index (Phi) is 2.42. The minimum absolute atomic E-state index is 0.179. The first-order valence-corrected chi connectivity index (χ1v) is 6.20. The summed E-state index contributed by atoms with van der Waals surface area (Å²) in [6.07, 6.45) is 3.60. The SMILES string of the molecule is Cn1nccc1C(N)c1cnc2ccsc2c1. The molecule has 0 saturated heterocycles. The molecular weight excluding hydrogens is 232 g/mol. The van der Waals surface area contributed by atoms with Crippen LogP contribution in [0.5, 0.6) is 0 Å². The van der Waals surface area contributed by atoms with Crippen LogP contribution >= 0.6 is 11.3 Å². The van der Waals surface area contributed by atoms with Gasteiger partial charge < -0.3 is 5.73 Å². The summed E-state index contributed by atoms with van der Waals surface area (Å²) in [6, 6.07) is 5.87. The molecule has 3 aromatic rings. The molecule has 0 aliphatic rings. The predicted octanol–water partition coefficient (Wildman–Crippen LogP) is 2.08. The Bertz CT molecular complexity index is 655. The van der Waals surface area contributed by atoms with Gasteiger partial charge >= 0.3 is 0 Å². The molecule has 4 nitrogen and oxygen atoms in total. The largest absolute Gasteiger partial charge is 0.319 e. The minimum atomic E-state index is -0.179. The van der Waals surface area contributed by atoms with E-state index in [9.17, 15) is 0 Å². The van der Waals surface area contributed by atoms with Crippen LogP contribution in [0.3, 0.4) is 0 Å². The number of pyridine rings is 1. The highest BCUT2D eigenvalue weighted by Gasteiger charge is 2.13. The Labute approximate surface area is 103 Å². The number of hydrogen-bond acceptors (Lipinski definition) is 4. The van der Waals surface area contributed by atoms with Crippen molar-refractivity contribution in [1.29, 1.82) is 0 Å². The molecule has 0 aliphatic heterocycles. The minimum Gasteiger partial charge on any atom is -0.319 e. The van der Waals surface area contributed by atoms with Gasteiger partial charge in [-0.2, -0.15) is 5.10 Å². The van der Waals surface area contributed by atoms with Gasteiger partial charge in [0.25, 0.3) is 0 Å². The second kappa shape index (κ2) is 3.94. The molecule has 1 atom stereocenters. The molecule has 2 N–H and O–H groups in total. The van der Waals surface area contributed by atoms with Crippen molar-refractivity contribution >= 4 is 21.6 Å². The molecule has 1 unspecified atom stereocenters. The molecule has 17 heavy (non-hydrogen) atoms. The molecule has 5 heteroatoms. The van der Waals surface area contributed by atoms with Crippen LogP contribution in [0, 0.1) is 0 Å². The zero-order chi connectivity index (χ0) is 11.8. The van der Waals surface area contributed by atoms with Crippen LogP contribution in [-0.2, 0) is 7.05 Å². The van der Waals surface area contributed by atoms with E-state index in [-0.39, 0.29) is 6.04 Å². The fraction of sp³-hybridized carbons (Fsp3) is 0.167. The van der Waals surface area contributed by atoms with E-state index in [1.807, 2.05) is 30.8 Å². The maximum atomic E-state index is 6.23. The molecule has 3 heterocycles. The molecule has 3 aromatic heterocycles. The molecule has 0 aromatic carbocycles. The van der Waals surface area contributed by atoms with Gasteiger partial charge in [-0.05, 0) is 29.1 Å². The monoisotopic (exact) mass is 244 g/mol. The lowest BCUT2D eigenvalue weighted by Crippen LogP contribution is -2.16. The number of thiophene rings is 1. The summed E-state index contributed by atoms with van der Waals surface area (Å²) in [5, 5.41) is 6.17. The smallest absolute Gasteiger partial charge is 0.0809 e. The normalized spacial score (nSPS) is 13.1. The van der Waals surface area contributed by atoms with E-state index in [0.29, 0.717) is 0 Å². The quantitative estimate of drug-likeness (QED) is 0.751. The van der Waals surface area contributed by atoms with Crippen LogP contribution in [0.4, 0.5) is 0 Å². The third kappa shape index (κ3) is 1.73. The highest BCUT2D eigenvalue weighted by atomic mass is 32.1. The molecule has 0 radical (unpaired) electrons. The molecule has 0 spiro atoms. The molecule has 3 rings (SSSR count). The maximum absolute atomic E-state index is 6.23. The molecule has 0 saturated carbocycles. The van der Waals surface area contributed by atoms with Crippen molar-refractivity contribution in [1.82, 2.24) is 14.8 Å². The number of aryl methyl sites for hydroxylation is 1. The highest BCUT2D eigenvalue weighted by Crippen LogP contribution is 2.24. The fourth-order valence-corrected chi connectivity index (χ4v) is 2.68. The first-order valence-electron chi connectivity index (χ1n) is 5.32. The molecule has 0 fully saturated rings. The second-order valence-electron chi connectivity index (χ2n) is 3.93. The number of nitrogens with zero attached hydrogens (tertiary/aromatic N) is 3. The number of nitrogens with two attached hydrogens (primary N) is 1. The van der Waals surface area contributed by atoms with Gasteiger partial charge in [0, 0.05) is 19.4 Å². The van der Waals surface area contributed by atoms with Gasteiger partial charge in [0.05, 0.1) is 22.0 Å². The average molecular weight is 244 g/mol. The van der Waals surface area contributed by atoms with Gasteiger partial charge in [-0.1, -0.05) is 0 Å². The number of rotatable bonds is 2. The van der Waals surface area contributed by atoms with Gasteiger partial charge in [0.2, 0.25) is 0 Å². The summed E-state index contributed by atoms with van der Waals surface area (Å²) >= 11 is 1.68. The van der Waals surface area contributed by atoms with Crippen LogP contribution in [0.15, 0.2) is 36.0 Å². The summed E-state index contributed by atoms with van der Waals surface area (Å²) in [7, 11) is 1.90. The van der Waals surface area contributed by atoms with Gasteiger partial charge in [0.15, 0.2) is 0 Å². The molecule has 0 amide bonds. The summed E-state index contributed by atoms with van der Waals surface area (Å²) in [6.45, 7) is 0. The van der Waals surface area contributed by atoms with Crippen LogP contribution < -0.4 is 5.73 Å². The van der Waals surface area contributed by atoms with E-state index in [1.165, 1.54) is 4.70 Å². The zero-order valence-corrected chi connectivity index (χ0v) is 10.2. The second-order valence-corrected chi connectivity index (χ2v) is 4.88. The fourth-order valence-electron chi connectivity index (χ4n) is 1.89. The molecule has 0 aliphatic carbocycles. The van der Waals surface area contributed by atoms with Crippen molar-refractivity contribution in [3.63, 3.8) is 0 Å². The molecule has 0 bridgehead atoms. The standard InChI is InChI=1S/C12H12N4S/c1-16-10(2-4-15-16)12(13)8-6-11-9(14-7-8)3-5-17-11/h2-7,12H,13H2,1H3. The Morgan fingerprint density at radius 1 is 1.41 bits per heavy atom. The van der Waals surface area contributed by atoms with Crippen molar-refractivity contribution in [2.45, 2.75) is 6.04 Å². The van der Waals surface area contributed by atoms with Gasteiger partial charge in [-0.3, -0.25) is 9.67 Å². The van der Waals surface area contributed by atoms with E-state index in [2.05, 4.69) is 16.1 Å². The predicted molar refractivity (Wildman–Crippen MR) is 68.9 cm³/mol. The Balaban J connectivity index is 2.06. The maximum Gasteiger partial charge on any atom is 0.0809 e. The van der Waals surface area contributed by atoms with Crippen LogP contribution in [0.25, 0.3) is 10.2 Å². The lowest BCUT2D eigenvalue weighted by Gasteiger charge is -2.11. The Morgan fingerprint density at radius 2 is 2.29 bits per heavy atom. The lowest BCUT2D eigenvalue weighted by molar-refractivity contribution is 0.672. The summed E-state index contributed by atoms with van der Waals surface area (Å²) < 4.78 is 2.96. The van der Waals surface area contributed by atoms with Crippen molar-refractivity contribution in [3.05, 3.63) is 47.2 Å². The first-order chi connectivity index (χ1) is 8.25. The van der Waals surface area contributed by atoms with Gasteiger partial charge in [-0.25, -0.2) is 0 Å². The summed E-state index contributed by atoms with van der Waals surface area (Å²) in [4.78, 5) is 4.40. The third-order valence-corrected chi connectivity index (χ3v) is 3.71. The third-order valence-electron chi connectivity index (χ3n) is 2.86. The van der Waals surface area contributed by atoms with E-state index in [1.54, 1.807) is 22.2 Å². The summed E-state index contributed by atoms with van der Waals surface area (Å²) in [5.41, 5.74) is 9.25. The molecular formula is C12H12N4S. The highest BCUT2D eigenvalue weighted by molar-refractivity contribution is 7.17. The zero-order valence-electron chi connectivity index (χ0n) is 9.37. The lowest BCUT2D eigenvalue weighted by atomic mass is 10.1. The van der Waals surface area contributed by atoms with Crippen molar-refractivity contribution in [3.8, 4) is 0 Å². The first kappa shape index (κ1) is 10.4. The van der Waals surface area contributed by atoms with Crippen molar-refractivity contribution in [2.24, 2.45) is 12.8 Å². The number of aromatic nitrogens is 3. The van der Waals surface area contributed by atoms with Crippen LogP contribution in [-0.4, -0.2) is 14.8 Å². The van der Waals surface area contributed by atoms with E-state index in [0.717, 1.165) is 16.8 Å². The van der Waals surface area contributed by atoms with Gasteiger partial charge in [0.1, 0.15) is 0 Å². The van der Waals surface area contributed by atoms with Crippen LogP contribution in [0.1, 0.15) is 17.3 Å².